The SMILES string of the molecule is O=S1(=O)CCN2CCCC(c3ccc(-c4ccccc4)s3)C2N1. The van der Waals surface area contributed by atoms with E-state index in [0.29, 0.717) is 6.54 Å². The number of rotatable bonds is 2. The number of thiophene rings is 1. The zero-order valence-electron chi connectivity index (χ0n) is 12.8. The summed E-state index contributed by atoms with van der Waals surface area (Å²) in [5.74, 6) is 0.469. The van der Waals surface area contributed by atoms with Crippen LogP contribution in [-0.4, -0.2) is 38.3 Å². The van der Waals surface area contributed by atoms with E-state index >= 15 is 0 Å². The van der Waals surface area contributed by atoms with Crippen LogP contribution in [-0.2, 0) is 10.0 Å². The van der Waals surface area contributed by atoms with Gasteiger partial charge in [-0.3, -0.25) is 4.90 Å². The van der Waals surface area contributed by atoms with E-state index in [2.05, 4.69) is 33.9 Å². The minimum Gasteiger partial charge on any atom is -0.286 e. The summed E-state index contributed by atoms with van der Waals surface area (Å²) in [4.78, 5) is 4.82. The van der Waals surface area contributed by atoms with Crippen molar-refractivity contribution in [2.24, 2.45) is 0 Å². The second kappa shape index (κ2) is 6.02. The van der Waals surface area contributed by atoms with Crippen LogP contribution in [0.4, 0.5) is 0 Å². The highest BCUT2D eigenvalue weighted by molar-refractivity contribution is 7.89. The van der Waals surface area contributed by atoms with Gasteiger partial charge in [0.05, 0.1) is 11.9 Å². The Morgan fingerprint density at radius 2 is 1.91 bits per heavy atom. The number of nitrogens with one attached hydrogen (secondary N) is 1. The third-order valence-electron chi connectivity index (χ3n) is 4.73. The topological polar surface area (TPSA) is 49.4 Å². The predicted octanol–water partition coefficient (Wildman–Crippen LogP) is 2.85. The standard InChI is InChI=1S/C17H20N2O2S2/c20-23(21)12-11-19-10-4-7-14(17(19)18-23)16-9-8-15(22-16)13-5-2-1-3-6-13/h1-3,5-6,8-9,14,17-18H,4,7,10-12H2. The fraction of sp³-hybridized carbons (Fsp3) is 0.412. The van der Waals surface area contributed by atoms with Crippen LogP contribution in [0.1, 0.15) is 23.6 Å². The summed E-state index contributed by atoms with van der Waals surface area (Å²) in [6.07, 6.45) is 2.09. The van der Waals surface area contributed by atoms with Crippen molar-refractivity contribution in [1.29, 1.82) is 0 Å². The van der Waals surface area contributed by atoms with E-state index in [1.54, 1.807) is 11.3 Å². The van der Waals surface area contributed by atoms with Crippen LogP contribution in [0, 0.1) is 0 Å². The summed E-state index contributed by atoms with van der Waals surface area (Å²) >= 11 is 1.79. The minimum atomic E-state index is -3.13. The highest BCUT2D eigenvalue weighted by atomic mass is 32.2. The monoisotopic (exact) mass is 348 g/mol. The Labute approximate surface area is 141 Å². The van der Waals surface area contributed by atoms with Crippen molar-refractivity contribution in [2.75, 3.05) is 18.8 Å². The van der Waals surface area contributed by atoms with Crippen LogP contribution in [0.3, 0.4) is 0 Å². The highest BCUT2D eigenvalue weighted by Gasteiger charge is 2.39. The number of piperidine rings is 1. The van der Waals surface area contributed by atoms with Crippen molar-refractivity contribution in [3.05, 3.63) is 47.3 Å². The molecule has 4 nitrogen and oxygen atoms in total. The number of hydrogen-bond donors (Lipinski definition) is 1. The lowest BCUT2D eigenvalue weighted by atomic mass is 9.93. The molecule has 2 aliphatic rings. The second-order valence-electron chi connectivity index (χ2n) is 6.23. The molecule has 0 spiro atoms. The van der Waals surface area contributed by atoms with Crippen molar-refractivity contribution < 1.29 is 8.42 Å². The maximum Gasteiger partial charge on any atom is 0.214 e. The number of hydrogen-bond acceptors (Lipinski definition) is 4. The maximum atomic E-state index is 12.0. The average Bonchev–Trinajstić information content (AvgIpc) is 3.04. The second-order valence-corrected chi connectivity index (χ2v) is 9.22. The summed E-state index contributed by atoms with van der Waals surface area (Å²) in [6, 6.07) is 14.7. The molecule has 2 unspecified atom stereocenters. The molecule has 2 atom stereocenters. The van der Waals surface area contributed by atoms with E-state index in [-0.39, 0.29) is 17.8 Å². The number of nitrogens with zero attached hydrogens (tertiary/aromatic N) is 1. The summed E-state index contributed by atoms with van der Waals surface area (Å²) in [6.45, 7) is 1.63. The molecule has 1 aromatic heterocycles. The van der Waals surface area contributed by atoms with Gasteiger partial charge in [0.1, 0.15) is 0 Å². The number of fused-ring (bicyclic) bond motifs is 1. The first-order chi connectivity index (χ1) is 11.1. The van der Waals surface area contributed by atoms with Crippen molar-refractivity contribution in [1.82, 2.24) is 9.62 Å². The van der Waals surface area contributed by atoms with Gasteiger partial charge in [0, 0.05) is 22.2 Å². The summed E-state index contributed by atoms with van der Waals surface area (Å²) < 4.78 is 26.8. The lowest BCUT2D eigenvalue weighted by molar-refractivity contribution is 0.117. The van der Waals surface area contributed by atoms with Crippen molar-refractivity contribution in [3.63, 3.8) is 0 Å². The van der Waals surface area contributed by atoms with Gasteiger partial charge in [-0.2, -0.15) is 4.72 Å². The van der Waals surface area contributed by atoms with Crippen molar-refractivity contribution in [2.45, 2.75) is 24.9 Å². The third kappa shape index (κ3) is 3.08. The number of sulfonamides is 1. The zero-order valence-corrected chi connectivity index (χ0v) is 14.4. The van der Waals surface area contributed by atoms with Gasteiger partial charge in [0.25, 0.3) is 0 Å². The van der Waals surface area contributed by atoms with Crippen molar-refractivity contribution in [3.8, 4) is 10.4 Å². The molecule has 1 aromatic carbocycles. The lowest BCUT2D eigenvalue weighted by Crippen LogP contribution is -2.60. The Kier molecular flexibility index (Phi) is 4.01. The fourth-order valence-electron chi connectivity index (χ4n) is 3.56. The Morgan fingerprint density at radius 1 is 1.09 bits per heavy atom. The quantitative estimate of drug-likeness (QED) is 0.908. The molecule has 2 saturated heterocycles. The molecular weight excluding hydrogens is 328 g/mol. The molecule has 1 N–H and O–H groups in total. The summed E-state index contributed by atoms with van der Waals surface area (Å²) in [5.41, 5.74) is 1.22. The first-order valence-electron chi connectivity index (χ1n) is 8.02. The third-order valence-corrected chi connectivity index (χ3v) is 7.32. The Hall–Kier alpha value is -1.21. The Bertz CT molecular complexity index is 786. The van der Waals surface area contributed by atoms with Crippen LogP contribution in [0.2, 0.25) is 0 Å². The molecule has 2 fully saturated rings. The number of benzene rings is 1. The van der Waals surface area contributed by atoms with E-state index in [9.17, 15) is 8.42 Å². The van der Waals surface area contributed by atoms with E-state index in [0.717, 1.165) is 19.4 Å². The molecule has 6 heteroatoms. The van der Waals surface area contributed by atoms with E-state index in [1.165, 1.54) is 15.3 Å². The summed E-state index contributed by atoms with van der Waals surface area (Å²) in [7, 11) is -3.13. The van der Waals surface area contributed by atoms with Crippen LogP contribution < -0.4 is 4.72 Å². The van der Waals surface area contributed by atoms with E-state index in [4.69, 9.17) is 0 Å². The van der Waals surface area contributed by atoms with Crippen LogP contribution >= 0.6 is 11.3 Å². The fourth-order valence-corrected chi connectivity index (χ4v) is 6.01. The first kappa shape index (κ1) is 15.3. The minimum absolute atomic E-state index is 0.0789. The zero-order chi connectivity index (χ0) is 15.9. The summed E-state index contributed by atoms with van der Waals surface area (Å²) in [5, 5.41) is 0. The van der Waals surface area contributed by atoms with Gasteiger partial charge in [0.15, 0.2) is 0 Å². The molecule has 122 valence electrons. The molecule has 2 aromatic rings. The molecule has 0 bridgehead atoms. The molecule has 4 rings (SSSR count). The average molecular weight is 348 g/mol. The highest BCUT2D eigenvalue weighted by Crippen LogP contribution is 2.39. The van der Waals surface area contributed by atoms with Gasteiger partial charge in [0.2, 0.25) is 10.0 Å². The van der Waals surface area contributed by atoms with Gasteiger partial charge in [-0.15, -0.1) is 11.3 Å². The molecule has 0 amide bonds. The van der Waals surface area contributed by atoms with Crippen LogP contribution in [0.15, 0.2) is 42.5 Å². The van der Waals surface area contributed by atoms with E-state index < -0.39 is 10.0 Å². The molecule has 0 saturated carbocycles. The van der Waals surface area contributed by atoms with Gasteiger partial charge >= 0.3 is 0 Å². The largest absolute Gasteiger partial charge is 0.286 e. The smallest absolute Gasteiger partial charge is 0.214 e. The van der Waals surface area contributed by atoms with Crippen LogP contribution in [0.5, 0.6) is 0 Å². The van der Waals surface area contributed by atoms with Gasteiger partial charge in [-0.1, -0.05) is 30.3 Å². The molecule has 23 heavy (non-hydrogen) atoms. The predicted molar refractivity (Wildman–Crippen MR) is 94.0 cm³/mol. The molecule has 2 aliphatic heterocycles. The maximum absolute atomic E-state index is 12.0. The Morgan fingerprint density at radius 3 is 2.74 bits per heavy atom. The Balaban J connectivity index is 1.63. The van der Waals surface area contributed by atoms with E-state index in [1.807, 2.05) is 18.2 Å². The molecule has 0 radical (unpaired) electrons. The van der Waals surface area contributed by atoms with Gasteiger partial charge in [-0.25, -0.2) is 8.42 Å². The molecule has 3 heterocycles. The van der Waals surface area contributed by atoms with Gasteiger partial charge in [-0.05, 0) is 37.1 Å². The molecular formula is C17H20N2O2S2. The first-order valence-corrected chi connectivity index (χ1v) is 10.5. The van der Waals surface area contributed by atoms with Gasteiger partial charge < -0.3 is 0 Å². The van der Waals surface area contributed by atoms with Crippen LogP contribution in [0.25, 0.3) is 10.4 Å². The lowest BCUT2D eigenvalue weighted by Gasteiger charge is -2.43. The molecule has 0 aliphatic carbocycles. The van der Waals surface area contributed by atoms with Crippen molar-refractivity contribution >= 4 is 21.4 Å². The normalized spacial score (nSPS) is 27.5.